The highest BCUT2D eigenvalue weighted by Crippen LogP contribution is 2.41. The number of hydrogen-bond donors (Lipinski definition) is 1. The third kappa shape index (κ3) is 3.62. The van der Waals surface area contributed by atoms with Crippen molar-refractivity contribution in [1.29, 1.82) is 0 Å². The van der Waals surface area contributed by atoms with E-state index >= 15 is 0 Å². The smallest absolute Gasteiger partial charge is 0.162 e. The molecule has 0 saturated carbocycles. The average molecular weight is 455 g/mol. The van der Waals surface area contributed by atoms with Gasteiger partial charge in [0.25, 0.3) is 0 Å². The molecule has 1 aromatic heterocycles. The number of aromatic nitrogens is 1. The minimum absolute atomic E-state index is 0.0278. The molecule has 0 spiro atoms. The number of carbonyl (C=O) groups is 1. The van der Waals surface area contributed by atoms with Crippen LogP contribution in [-0.4, -0.2) is 33.4 Å². The summed E-state index contributed by atoms with van der Waals surface area (Å²) < 4.78 is 2.80. The van der Waals surface area contributed by atoms with E-state index in [9.17, 15) is 9.90 Å². The second-order valence-electron chi connectivity index (χ2n) is 8.10. The van der Waals surface area contributed by atoms with Gasteiger partial charge in [-0.15, -0.1) is 0 Å². The number of fused-ring (bicyclic) bond motifs is 1. The molecule has 0 bridgehead atoms. The third-order valence-electron chi connectivity index (χ3n) is 6.00. The van der Waals surface area contributed by atoms with Crippen molar-refractivity contribution in [2.75, 3.05) is 13.1 Å². The van der Waals surface area contributed by atoms with Crippen LogP contribution in [0.5, 0.6) is 5.75 Å². The average Bonchev–Trinajstić information content (AvgIpc) is 2.99. The fourth-order valence-corrected chi connectivity index (χ4v) is 5.01. The summed E-state index contributed by atoms with van der Waals surface area (Å²) in [6.45, 7) is 8.38. The Morgan fingerprint density at radius 1 is 1.10 bits per heavy atom. The fraction of sp³-hybridized carbons (Fsp3) is 0.375. The van der Waals surface area contributed by atoms with Gasteiger partial charge in [0.2, 0.25) is 0 Å². The molecule has 29 heavy (non-hydrogen) atoms. The molecule has 0 amide bonds. The van der Waals surface area contributed by atoms with Crippen molar-refractivity contribution in [3.8, 4) is 11.4 Å². The van der Waals surface area contributed by atoms with E-state index in [2.05, 4.69) is 56.6 Å². The maximum absolute atomic E-state index is 12.7. The van der Waals surface area contributed by atoms with E-state index in [1.807, 2.05) is 13.0 Å². The van der Waals surface area contributed by atoms with Crippen LogP contribution >= 0.6 is 15.9 Å². The van der Waals surface area contributed by atoms with E-state index in [-0.39, 0.29) is 11.5 Å². The first kappa shape index (κ1) is 20.2. The van der Waals surface area contributed by atoms with E-state index in [0.717, 1.165) is 40.9 Å². The maximum atomic E-state index is 12.7. The normalized spacial score (nSPS) is 15.2. The highest BCUT2D eigenvalue weighted by atomic mass is 79.9. The molecule has 1 N–H and O–H groups in total. The number of rotatable bonds is 4. The molecule has 1 aliphatic rings. The van der Waals surface area contributed by atoms with E-state index in [1.165, 1.54) is 24.8 Å². The second kappa shape index (κ2) is 7.96. The first-order chi connectivity index (χ1) is 13.9. The summed E-state index contributed by atoms with van der Waals surface area (Å²) in [6.07, 6.45) is 3.62. The van der Waals surface area contributed by atoms with Crippen LogP contribution in [0.1, 0.15) is 53.4 Å². The van der Waals surface area contributed by atoms with Crippen LogP contribution < -0.4 is 0 Å². The standard InChI is InChI=1S/C24H27BrN2O2/c1-15-7-9-18(10-8-15)27-16(2)22(17(3)28)23-19(14-26-11-5-4-6-12-26)24(29)20(25)13-21(23)27/h7-10,13,29H,4-6,11-12,14H2,1-3H3. The molecular formula is C24H27BrN2O2. The summed E-state index contributed by atoms with van der Waals surface area (Å²) in [6, 6.07) is 10.3. The van der Waals surface area contributed by atoms with Gasteiger partial charge in [-0.05, 0) is 80.8 Å². The van der Waals surface area contributed by atoms with Gasteiger partial charge >= 0.3 is 0 Å². The number of halogens is 1. The highest BCUT2D eigenvalue weighted by Gasteiger charge is 2.25. The lowest BCUT2D eigenvalue weighted by molar-refractivity contribution is 0.101. The Balaban J connectivity index is 2.00. The van der Waals surface area contributed by atoms with Gasteiger partial charge in [0, 0.05) is 34.4 Å². The molecule has 1 fully saturated rings. The Morgan fingerprint density at radius 3 is 2.38 bits per heavy atom. The van der Waals surface area contributed by atoms with Crippen molar-refractivity contribution in [3.63, 3.8) is 0 Å². The lowest BCUT2D eigenvalue weighted by atomic mass is 10.00. The lowest BCUT2D eigenvalue weighted by Gasteiger charge is -2.27. The number of aryl methyl sites for hydroxylation is 1. The summed E-state index contributed by atoms with van der Waals surface area (Å²) in [5.41, 5.74) is 5.62. The molecule has 0 aliphatic carbocycles. The van der Waals surface area contributed by atoms with Crippen molar-refractivity contribution in [2.45, 2.75) is 46.6 Å². The summed E-state index contributed by atoms with van der Waals surface area (Å²) in [5, 5.41) is 11.8. The largest absolute Gasteiger partial charge is 0.506 e. The number of nitrogens with zero attached hydrogens (tertiary/aromatic N) is 2. The van der Waals surface area contributed by atoms with Crippen LogP contribution in [0.3, 0.4) is 0 Å². The molecule has 1 aliphatic heterocycles. The number of piperidine rings is 1. The summed E-state index contributed by atoms with van der Waals surface area (Å²) in [5.74, 6) is 0.270. The summed E-state index contributed by atoms with van der Waals surface area (Å²) >= 11 is 3.55. The molecule has 0 unspecified atom stereocenters. The zero-order valence-corrected chi connectivity index (χ0v) is 18.8. The number of Topliss-reactive ketones (excluding diaryl/α,β-unsaturated/α-hetero) is 1. The van der Waals surface area contributed by atoms with Gasteiger partial charge < -0.3 is 9.67 Å². The third-order valence-corrected chi connectivity index (χ3v) is 6.60. The number of phenols is 1. The molecular weight excluding hydrogens is 428 g/mol. The Morgan fingerprint density at radius 2 is 1.76 bits per heavy atom. The van der Waals surface area contributed by atoms with E-state index in [1.54, 1.807) is 6.92 Å². The predicted octanol–water partition coefficient (Wildman–Crippen LogP) is 5.90. The van der Waals surface area contributed by atoms with Gasteiger partial charge in [-0.1, -0.05) is 24.1 Å². The second-order valence-corrected chi connectivity index (χ2v) is 8.96. The molecule has 1 saturated heterocycles. The molecule has 0 atom stereocenters. The summed E-state index contributed by atoms with van der Waals surface area (Å²) in [7, 11) is 0. The molecule has 3 aromatic rings. The van der Waals surface area contributed by atoms with Gasteiger partial charge in [-0.3, -0.25) is 9.69 Å². The Kier molecular flexibility index (Phi) is 5.54. The van der Waals surface area contributed by atoms with Gasteiger partial charge in [0.15, 0.2) is 5.78 Å². The van der Waals surface area contributed by atoms with Crippen LogP contribution in [-0.2, 0) is 6.54 Å². The Hall–Kier alpha value is -2.11. The predicted molar refractivity (Wildman–Crippen MR) is 121 cm³/mol. The van der Waals surface area contributed by atoms with Crippen LogP contribution in [0, 0.1) is 13.8 Å². The maximum Gasteiger partial charge on any atom is 0.162 e. The number of benzene rings is 2. The Labute approximate surface area is 180 Å². The number of ketones is 1. The van der Waals surface area contributed by atoms with Crippen LogP contribution in [0.4, 0.5) is 0 Å². The minimum Gasteiger partial charge on any atom is -0.506 e. The quantitative estimate of drug-likeness (QED) is 0.498. The topological polar surface area (TPSA) is 45.5 Å². The van der Waals surface area contributed by atoms with Gasteiger partial charge in [-0.25, -0.2) is 0 Å². The van der Waals surface area contributed by atoms with Crippen molar-refractivity contribution in [3.05, 3.63) is 57.2 Å². The zero-order chi connectivity index (χ0) is 20.7. The summed E-state index contributed by atoms with van der Waals surface area (Å²) in [4.78, 5) is 15.1. The lowest BCUT2D eigenvalue weighted by Crippen LogP contribution is -2.29. The van der Waals surface area contributed by atoms with Crippen LogP contribution in [0.25, 0.3) is 16.6 Å². The van der Waals surface area contributed by atoms with E-state index in [4.69, 9.17) is 0 Å². The van der Waals surface area contributed by atoms with Gasteiger partial charge in [-0.2, -0.15) is 0 Å². The Bertz CT molecular complexity index is 1080. The molecule has 4 nitrogen and oxygen atoms in total. The van der Waals surface area contributed by atoms with Gasteiger partial charge in [0.1, 0.15) is 5.75 Å². The number of aromatic hydroxyl groups is 1. The van der Waals surface area contributed by atoms with E-state index < -0.39 is 0 Å². The minimum atomic E-state index is 0.0278. The number of carbonyl (C=O) groups excluding carboxylic acids is 1. The highest BCUT2D eigenvalue weighted by molar-refractivity contribution is 9.10. The molecule has 152 valence electrons. The van der Waals surface area contributed by atoms with Crippen molar-refractivity contribution < 1.29 is 9.90 Å². The number of likely N-dealkylation sites (tertiary alicyclic amines) is 1. The molecule has 4 rings (SSSR count). The van der Waals surface area contributed by atoms with Crippen LogP contribution in [0.2, 0.25) is 0 Å². The fourth-order valence-electron chi connectivity index (χ4n) is 4.56. The molecule has 0 radical (unpaired) electrons. The van der Waals surface area contributed by atoms with Crippen molar-refractivity contribution in [1.82, 2.24) is 9.47 Å². The van der Waals surface area contributed by atoms with Crippen LogP contribution in [0.15, 0.2) is 34.8 Å². The first-order valence-electron chi connectivity index (χ1n) is 10.2. The van der Waals surface area contributed by atoms with Crippen molar-refractivity contribution in [2.24, 2.45) is 0 Å². The molecule has 2 heterocycles. The molecule has 2 aromatic carbocycles. The van der Waals surface area contributed by atoms with E-state index in [0.29, 0.717) is 16.6 Å². The number of hydrogen-bond acceptors (Lipinski definition) is 3. The van der Waals surface area contributed by atoms with Gasteiger partial charge in [0.05, 0.1) is 9.99 Å². The first-order valence-corrected chi connectivity index (χ1v) is 11.0. The van der Waals surface area contributed by atoms with Crippen molar-refractivity contribution >= 4 is 32.6 Å². The monoisotopic (exact) mass is 454 g/mol. The molecule has 5 heteroatoms. The SMILES string of the molecule is CC(=O)c1c(C)n(-c2ccc(C)cc2)c2cc(Br)c(O)c(CN3CCCCC3)c12. The zero-order valence-electron chi connectivity index (χ0n) is 17.3. The number of phenolic OH excluding ortho intramolecular Hbond substituents is 1.